The minimum Gasteiger partial charge on any atom is -0.478 e. The molecular weight excluding hydrogens is 473 g/mol. The Hall–Kier alpha value is -3.30. The van der Waals surface area contributed by atoms with Crippen LogP contribution in [0.25, 0.3) is 33.1 Å². The zero-order valence-electron chi connectivity index (χ0n) is 21.2. The molecule has 6 rings (SSSR count). The van der Waals surface area contributed by atoms with Gasteiger partial charge in [0, 0.05) is 55.0 Å². The Morgan fingerprint density at radius 3 is 2.76 bits per heavy atom. The van der Waals surface area contributed by atoms with Crippen molar-refractivity contribution in [3.05, 3.63) is 53.0 Å². The third kappa shape index (κ3) is 4.62. The van der Waals surface area contributed by atoms with Crippen molar-refractivity contribution in [2.45, 2.75) is 38.1 Å². The zero-order valence-corrected chi connectivity index (χ0v) is 21.2. The number of aromatic nitrogens is 4. The maximum absolute atomic E-state index is 15.2. The highest BCUT2D eigenvalue weighted by Gasteiger charge is 2.24. The van der Waals surface area contributed by atoms with E-state index in [9.17, 15) is 4.79 Å². The summed E-state index contributed by atoms with van der Waals surface area (Å²) in [4.78, 5) is 24.6. The number of imidazole rings is 1. The summed E-state index contributed by atoms with van der Waals surface area (Å²) >= 11 is 0. The maximum atomic E-state index is 15.2. The number of hydrogen-bond donors (Lipinski definition) is 0. The van der Waals surface area contributed by atoms with E-state index in [0.717, 1.165) is 42.2 Å². The van der Waals surface area contributed by atoms with Crippen LogP contribution < -0.4 is 10.4 Å². The lowest BCUT2D eigenvalue weighted by Crippen LogP contribution is -2.31. The first-order valence-corrected chi connectivity index (χ1v) is 13.2. The first kappa shape index (κ1) is 24.1. The second-order valence-electron chi connectivity index (χ2n) is 10.1. The van der Waals surface area contributed by atoms with E-state index in [1.54, 1.807) is 40.7 Å². The summed E-state index contributed by atoms with van der Waals surface area (Å²) in [5.41, 5.74) is 2.94. The van der Waals surface area contributed by atoms with Crippen LogP contribution in [0, 0.1) is 5.82 Å². The fraction of sp³-hybridized carbons (Fsp3) is 0.464. The van der Waals surface area contributed by atoms with Gasteiger partial charge in [-0.1, -0.05) is 0 Å². The van der Waals surface area contributed by atoms with E-state index in [2.05, 4.69) is 14.9 Å². The van der Waals surface area contributed by atoms with Crippen LogP contribution in [0.4, 0.5) is 4.39 Å². The Balaban J connectivity index is 1.31. The van der Waals surface area contributed by atoms with Crippen molar-refractivity contribution < 1.29 is 13.9 Å². The van der Waals surface area contributed by atoms with Crippen LogP contribution in [0.3, 0.4) is 0 Å². The lowest BCUT2D eigenvalue weighted by molar-refractivity contribution is 0.0593. The summed E-state index contributed by atoms with van der Waals surface area (Å²) in [6, 6.07) is 6.77. The number of hydrogen-bond acceptors (Lipinski definition) is 6. The van der Waals surface area contributed by atoms with Crippen molar-refractivity contribution in [2.24, 2.45) is 7.05 Å². The Morgan fingerprint density at radius 1 is 1.14 bits per heavy atom. The molecule has 1 unspecified atom stereocenters. The molecule has 3 aromatic heterocycles. The molecule has 194 valence electrons. The number of pyridine rings is 2. The summed E-state index contributed by atoms with van der Waals surface area (Å²) in [5, 5.41) is 0.736. The highest BCUT2D eigenvalue weighted by Crippen LogP contribution is 2.33. The quantitative estimate of drug-likeness (QED) is 0.349. The zero-order chi connectivity index (χ0) is 25.4. The Morgan fingerprint density at radius 2 is 2.00 bits per heavy atom. The molecule has 0 N–H and O–H groups in total. The summed E-state index contributed by atoms with van der Waals surface area (Å²) in [7, 11) is 1.75. The number of rotatable bonds is 7. The monoisotopic (exact) mass is 505 g/mol. The van der Waals surface area contributed by atoms with Gasteiger partial charge in [0.2, 0.25) is 5.88 Å². The van der Waals surface area contributed by atoms with Crippen LogP contribution in [0.1, 0.15) is 38.1 Å². The molecule has 1 aromatic carbocycles. The SMILES string of the molecule is Cn1c(=O)n(C2CCCOC2)c2c3cc(-c4ccc(OCCCN5CCCC5)nc4)c(F)cc3ncc21. The van der Waals surface area contributed by atoms with Crippen LogP contribution >= 0.6 is 0 Å². The molecule has 2 fully saturated rings. The van der Waals surface area contributed by atoms with E-state index in [1.807, 2.05) is 6.07 Å². The summed E-state index contributed by atoms with van der Waals surface area (Å²) in [6.07, 6.45) is 8.57. The van der Waals surface area contributed by atoms with Gasteiger partial charge in [0.15, 0.2) is 0 Å². The molecule has 0 radical (unpaired) electrons. The van der Waals surface area contributed by atoms with Gasteiger partial charge in [-0.15, -0.1) is 0 Å². The molecule has 2 saturated heterocycles. The molecular formula is C28H32FN5O3. The highest BCUT2D eigenvalue weighted by molar-refractivity contribution is 6.04. The van der Waals surface area contributed by atoms with Gasteiger partial charge in [-0.3, -0.25) is 14.1 Å². The second kappa shape index (κ2) is 10.2. The Labute approximate surface area is 214 Å². The molecule has 0 bridgehead atoms. The molecule has 8 nitrogen and oxygen atoms in total. The highest BCUT2D eigenvalue weighted by atomic mass is 19.1. The Kier molecular flexibility index (Phi) is 6.65. The molecule has 0 saturated carbocycles. The lowest BCUT2D eigenvalue weighted by Gasteiger charge is -2.23. The normalized spacial score (nSPS) is 18.7. The van der Waals surface area contributed by atoms with Gasteiger partial charge in [-0.2, -0.15) is 0 Å². The fourth-order valence-electron chi connectivity index (χ4n) is 5.63. The molecule has 2 aliphatic rings. The molecule has 0 aliphatic carbocycles. The summed E-state index contributed by atoms with van der Waals surface area (Å²) in [6.45, 7) is 5.20. The van der Waals surface area contributed by atoms with Crippen LogP contribution in [-0.4, -0.2) is 63.5 Å². The van der Waals surface area contributed by atoms with E-state index in [4.69, 9.17) is 9.47 Å². The van der Waals surface area contributed by atoms with Crippen molar-refractivity contribution in [1.82, 2.24) is 24.0 Å². The number of fused-ring (bicyclic) bond motifs is 3. The second-order valence-corrected chi connectivity index (χ2v) is 10.1. The largest absolute Gasteiger partial charge is 0.478 e. The molecule has 37 heavy (non-hydrogen) atoms. The van der Waals surface area contributed by atoms with Gasteiger partial charge in [0.25, 0.3) is 0 Å². The molecule has 9 heteroatoms. The number of aryl methyl sites for hydroxylation is 1. The minimum atomic E-state index is -0.383. The number of ether oxygens (including phenoxy) is 2. The Bertz CT molecular complexity index is 1470. The lowest BCUT2D eigenvalue weighted by atomic mass is 10.0. The smallest absolute Gasteiger partial charge is 0.329 e. The third-order valence-electron chi connectivity index (χ3n) is 7.62. The number of benzene rings is 1. The van der Waals surface area contributed by atoms with Crippen molar-refractivity contribution in [3.63, 3.8) is 0 Å². The molecule has 5 heterocycles. The average molecular weight is 506 g/mol. The van der Waals surface area contributed by atoms with E-state index in [1.165, 1.54) is 32.0 Å². The van der Waals surface area contributed by atoms with E-state index < -0.39 is 0 Å². The maximum Gasteiger partial charge on any atom is 0.329 e. The van der Waals surface area contributed by atoms with E-state index in [-0.39, 0.29) is 17.5 Å². The van der Waals surface area contributed by atoms with Gasteiger partial charge in [0.1, 0.15) is 5.82 Å². The first-order valence-electron chi connectivity index (χ1n) is 13.2. The van der Waals surface area contributed by atoms with Crippen LogP contribution in [0.2, 0.25) is 0 Å². The summed E-state index contributed by atoms with van der Waals surface area (Å²) < 4.78 is 30.2. The molecule has 0 spiro atoms. The number of likely N-dealkylation sites (tertiary alicyclic amines) is 1. The minimum absolute atomic E-state index is 0.0624. The van der Waals surface area contributed by atoms with E-state index >= 15 is 4.39 Å². The number of halogens is 1. The van der Waals surface area contributed by atoms with Crippen molar-refractivity contribution >= 4 is 21.9 Å². The molecule has 4 aromatic rings. The predicted octanol–water partition coefficient (Wildman–Crippen LogP) is 4.31. The van der Waals surface area contributed by atoms with Crippen molar-refractivity contribution in [1.29, 1.82) is 0 Å². The molecule has 2 aliphatic heterocycles. The van der Waals surface area contributed by atoms with Crippen LogP contribution in [-0.2, 0) is 11.8 Å². The third-order valence-corrected chi connectivity index (χ3v) is 7.62. The standard InChI is InChI=1S/C28H32FN5O3/c1-32-25-17-30-24-15-23(29)21(14-22(24)27(25)34(28(32)35)20-6-4-12-36-18-20)19-7-8-26(31-16-19)37-13-5-11-33-9-2-3-10-33/h7-8,14-17,20H,2-6,9-13,18H2,1H3. The van der Waals surface area contributed by atoms with Crippen LogP contribution in [0.15, 0.2) is 41.5 Å². The molecule has 0 amide bonds. The van der Waals surface area contributed by atoms with Crippen molar-refractivity contribution in [3.8, 4) is 17.0 Å². The van der Waals surface area contributed by atoms with Crippen LogP contribution in [0.5, 0.6) is 5.88 Å². The van der Waals surface area contributed by atoms with Gasteiger partial charge in [-0.25, -0.2) is 14.2 Å². The van der Waals surface area contributed by atoms with Crippen molar-refractivity contribution in [2.75, 3.05) is 39.5 Å². The predicted molar refractivity (Wildman–Crippen MR) is 141 cm³/mol. The van der Waals surface area contributed by atoms with Gasteiger partial charge >= 0.3 is 5.69 Å². The van der Waals surface area contributed by atoms with Gasteiger partial charge in [0.05, 0.1) is 42.0 Å². The fourth-order valence-corrected chi connectivity index (χ4v) is 5.63. The molecule has 1 atom stereocenters. The van der Waals surface area contributed by atoms with Gasteiger partial charge in [-0.05, 0) is 57.3 Å². The van der Waals surface area contributed by atoms with Gasteiger partial charge < -0.3 is 14.4 Å². The average Bonchev–Trinajstić information content (AvgIpc) is 3.53. The topological polar surface area (TPSA) is 74.4 Å². The summed E-state index contributed by atoms with van der Waals surface area (Å²) in [5.74, 6) is 0.149. The first-order chi connectivity index (χ1) is 18.1. The van der Waals surface area contributed by atoms with E-state index in [0.29, 0.717) is 42.3 Å². The number of nitrogens with zero attached hydrogens (tertiary/aromatic N) is 5.